The lowest BCUT2D eigenvalue weighted by Crippen LogP contribution is -2.24. The van der Waals surface area contributed by atoms with Gasteiger partial charge < -0.3 is 9.84 Å². The van der Waals surface area contributed by atoms with Crippen LogP contribution in [0.3, 0.4) is 0 Å². The van der Waals surface area contributed by atoms with Gasteiger partial charge in [0.25, 0.3) is 0 Å². The van der Waals surface area contributed by atoms with Gasteiger partial charge in [0.1, 0.15) is 6.54 Å². The molecule has 3 aromatic heterocycles. The number of carbonyl (C=O) groups excluding carboxylic acids is 1. The average Bonchev–Trinajstić information content (AvgIpc) is 3.19. The molecule has 1 aliphatic rings. The predicted octanol–water partition coefficient (Wildman–Crippen LogP) is 2.57. The standard InChI is InChI=1S/C19H22N6O2.ClH/c1-10-18(15-5-6-20-7-14(15)8-21-10)19-22-16(27-24-19)9-25-12(3)17(13(4)26)11(2)23-25;/h8,20H,5-7,9H2,1-4H3;1H. The van der Waals surface area contributed by atoms with Gasteiger partial charge in [0.15, 0.2) is 5.78 Å². The van der Waals surface area contributed by atoms with E-state index in [2.05, 4.69) is 25.5 Å². The quantitative estimate of drug-likeness (QED) is 0.669. The molecule has 4 rings (SSSR count). The molecular formula is C19H23ClN6O2. The van der Waals surface area contributed by atoms with Crippen molar-refractivity contribution in [3.8, 4) is 11.4 Å². The summed E-state index contributed by atoms with van der Waals surface area (Å²) in [6.07, 6.45) is 2.83. The summed E-state index contributed by atoms with van der Waals surface area (Å²) in [5.41, 5.74) is 6.44. The maximum absolute atomic E-state index is 11.8. The number of fused-ring (bicyclic) bond motifs is 1. The molecule has 4 heterocycles. The highest BCUT2D eigenvalue weighted by atomic mass is 35.5. The molecule has 0 saturated heterocycles. The highest BCUT2D eigenvalue weighted by Crippen LogP contribution is 2.28. The Morgan fingerprint density at radius 2 is 2.07 bits per heavy atom. The van der Waals surface area contributed by atoms with Gasteiger partial charge in [0, 0.05) is 29.7 Å². The molecule has 0 unspecified atom stereocenters. The minimum Gasteiger partial charge on any atom is -0.337 e. The second-order valence-electron chi connectivity index (χ2n) is 6.92. The van der Waals surface area contributed by atoms with E-state index >= 15 is 0 Å². The van der Waals surface area contributed by atoms with Crippen molar-refractivity contribution in [1.29, 1.82) is 0 Å². The van der Waals surface area contributed by atoms with E-state index in [4.69, 9.17) is 4.52 Å². The summed E-state index contributed by atoms with van der Waals surface area (Å²) in [7, 11) is 0. The molecule has 0 aliphatic carbocycles. The molecule has 0 radical (unpaired) electrons. The lowest BCUT2D eigenvalue weighted by atomic mass is 9.95. The molecular weight excluding hydrogens is 380 g/mol. The van der Waals surface area contributed by atoms with Gasteiger partial charge in [-0.2, -0.15) is 10.1 Å². The summed E-state index contributed by atoms with van der Waals surface area (Å²) in [4.78, 5) is 20.9. The van der Waals surface area contributed by atoms with Crippen molar-refractivity contribution in [2.24, 2.45) is 0 Å². The third-order valence-electron chi connectivity index (χ3n) is 5.04. The molecule has 0 bridgehead atoms. The number of halogens is 1. The van der Waals surface area contributed by atoms with E-state index in [1.165, 1.54) is 11.1 Å². The summed E-state index contributed by atoms with van der Waals surface area (Å²) < 4.78 is 7.22. The van der Waals surface area contributed by atoms with E-state index in [0.717, 1.165) is 36.5 Å². The number of nitrogens with one attached hydrogen (secondary N) is 1. The summed E-state index contributed by atoms with van der Waals surface area (Å²) >= 11 is 0. The van der Waals surface area contributed by atoms with E-state index in [9.17, 15) is 4.79 Å². The Hall–Kier alpha value is -2.58. The highest BCUT2D eigenvalue weighted by molar-refractivity contribution is 5.96. The maximum atomic E-state index is 11.8. The monoisotopic (exact) mass is 402 g/mol. The number of carbonyl (C=O) groups is 1. The number of nitrogens with zero attached hydrogens (tertiary/aromatic N) is 5. The highest BCUT2D eigenvalue weighted by Gasteiger charge is 2.22. The summed E-state index contributed by atoms with van der Waals surface area (Å²) in [6, 6.07) is 0. The van der Waals surface area contributed by atoms with Crippen LogP contribution in [-0.4, -0.2) is 37.2 Å². The van der Waals surface area contributed by atoms with Crippen molar-refractivity contribution in [1.82, 2.24) is 30.2 Å². The number of Topliss-reactive ketones (excluding diaryl/α,β-unsaturated/α-hetero) is 1. The molecule has 0 amide bonds. The van der Waals surface area contributed by atoms with Crippen molar-refractivity contribution in [3.05, 3.63) is 45.9 Å². The SMILES string of the molecule is CC(=O)c1c(C)nn(Cc2nc(-c3c(C)ncc4c3CCNC4)no2)c1C.Cl. The van der Waals surface area contributed by atoms with Crippen LogP contribution in [0, 0.1) is 20.8 Å². The lowest BCUT2D eigenvalue weighted by molar-refractivity contribution is 0.101. The van der Waals surface area contributed by atoms with Crippen LogP contribution in [-0.2, 0) is 19.5 Å². The molecule has 1 N–H and O–H groups in total. The van der Waals surface area contributed by atoms with Gasteiger partial charge in [-0.25, -0.2) is 0 Å². The minimum absolute atomic E-state index is 0. The van der Waals surface area contributed by atoms with Gasteiger partial charge in [0.2, 0.25) is 11.7 Å². The van der Waals surface area contributed by atoms with Crippen LogP contribution < -0.4 is 5.32 Å². The van der Waals surface area contributed by atoms with Crippen LogP contribution in [0.2, 0.25) is 0 Å². The van der Waals surface area contributed by atoms with Gasteiger partial charge >= 0.3 is 0 Å². The normalized spacial score (nSPS) is 13.1. The van der Waals surface area contributed by atoms with Crippen molar-refractivity contribution in [3.63, 3.8) is 0 Å². The Morgan fingerprint density at radius 3 is 2.79 bits per heavy atom. The van der Waals surface area contributed by atoms with Gasteiger partial charge in [-0.05, 0) is 51.8 Å². The lowest BCUT2D eigenvalue weighted by Gasteiger charge is -2.19. The first-order valence-electron chi connectivity index (χ1n) is 9.01. The fraction of sp³-hybridized carbons (Fsp3) is 0.421. The van der Waals surface area contributed by atoms with E-state index in [-0.39, 0.29) is 18.2 Å². The van der Waals surface area contributed by atoms with Crippen LogP contribution in [0.5, 0.6) is 0 Å². The first kappa shape index (κ1) is 20.2. The molecule has 0 atom stereocenters. The fourth-order valence-corrected chi connectivity index (χ4v) is 3.78. The predicted molar refractivity (Wildman–Crippen MR) is 106 cm³/mol. The molecule has 9 heteroatoms. The Morgan fingerprint density at radius 1 is 1.29 bits per heavy atom. The number of pyridine rings is 1. The van der Waals surface area contributed by atoms with Crippen LogP contribution >= 0.6 is 12.4 Å². The summed E-state index contributed by atoms with van der Waals surface area (Å²) in [6.45, 7) is 9.29. The largest absolute Gasteiger partial charge is 0.337 e. The fourth-order valence-electron chi connectivity index (χ4n) is 3.78. The van der Waals surface area contributed by atoms with Gasteiger partial charge in [-0.15, -0.1) is 12.4 Å². The summed E-state index contributed by atoms with van der Waals surface area (Å²) in [5, 5.41) is 12.0. The number of ketones is 1. The molecule has 148 valence electrons. The number of aryl methyl sites for hydroxylation is 2. The summed E-state index contributed by atoms with van der Waals surface area (Å²) in [5.74, 6) is 1.02. The van der Waals surface area contributed by atoms with Crippen molar-refractivity contribution in [2.45, 2.75) is 47.2 Å². The van der Waals surface area contributed by atoms with Crippen LogP contribution in [0.1, 0.15) is 51.4 Å². The molecule has 8 nitrogen and oxygen atoms in total. The maximum Gasteiger partial charge on any atom is 0.248 e. The molecule has 0 fully saturated rings. The van der Waals surface area contributed by atoms with Crippen molar-refractivity contribution < 1.29 is 9.32 Å². The van der Waals surface area contributed by atoms with Gasteiger partial charge in [-0.1, -0.05) is 5.16 Å². The van der Waals surface area contributed by atoms with Crippen LogP contribution in [0.4, 0.5) is 0 Å². The third kappa shape index (κ3) is 3.45. The van der Waals surface area contributed by atoms with Gasteiger partial charge in [0.05, 0.1) is 11.3 Å². The Balaban J connectivity index is 0.00000225. The smallest absolute Gasteiger partial charge is 0.248 e. The van der Waals surface area contributed by atoms with Crippen molar-refractivity contribution in [2.75, 3.05) is 6.54 Å². The zero-order valence-electron chi connectivity index (χ0n) is 16.4. The van der Waals surface area contributed by atoms with Crippen molar-refractivity contribution >= 4 is 18.2 Å². The van der Waals surface area contributed by atoms with E-state index < -0.39 is 0 Å². The second kappa shape index (κ2) is 7.81. The Labute approximate surface area is 169 Å². The van der Waals surface area contributed by atoms with E-state index in [1.807, 2.05) is 27.0 Å². The average molecular weight is 403 g/mol. The number of rotatable bonds is 4. The molecule has 0 aromatic carbocycles. The first-order valence-corrected chi connectivity index (χ1v) is 9.01. The first-order chi connectivity index (χ1) is 13.0. The number of hydrogen-bond donors (Lipinski definition) is 1. The minimum atomic E-state index is 0. The van der Waals surface area contributed by atoms with Crippen LogP contribution in [0.15, 0.2) is 10.7 Å². The zero-order chi connectivity index (χ0) is 19.1. The third-order valence-corrected chi connectivity index (χ3v) is 5.04. The molecule has 0 saturated carbocycles. The topological polar surface area (TPSA) is 98.7 Å². The Kier molecular flexibility index (Phi) is 5.62. The second-order valence-corrected chi connectivity index (χ2v) is 6.92. The number of aromatic nitrogens is 5. The molecule has 28 heavy (non-hydrogen) atoms. The van der Waals surface area contributed by atoms with Gasteiger partial charge in [-0.3, -0.25) is 14.5 Å². The molecule has 1 aliphatic heterocycles. The Bertz CT molecular complexity index is 1040. The number of hydrogen-bond acceptors (Lipinski definition) is 7. The van der Waals surface area contributed by atoms with E-state index in [0.29, 0.717) is 29.5 Å². The van der Waals surface area contributed by atoms with Crippen LogP contribution in [0.25, 0.3) is 11.4 Å². The van der Waals surface area contributed by atoms with E-state index in [1.54, 1.807) is 11.6 Å². The zero-order valence-corrected chi connectivity index (χ0v) is 17.2. The molecule has 0 spiro atoms. The molecule has 3 aromatic rings.